The predicted octanol–water partition coefficient (Wildman–Crippen LogP) is 3.87. The Morgan fingerprint density at radius 2 is 2.06 bits per heavy atom. The summed E-state index contributed by atoms with van der Waals surface area (Å²) in [5.41, 5.74) is 8.95. The fraction of sp³-hybridized carbons (Fsp3) is 0.533. The number of rotatable bonds is 7. The van der Waals surface area contributed by atoms with Gasteiger partial charge in [0.2, 0.25) is 0 Å². The summed E-state index contributed by atoms with van der Waals surface area (Å²) in [7, 11) is 0. The van der Waals surface area contributed by atoms with Crippen LogP contribution in [0.5, 0.6) is 0 Å². The van der Waals surface area contributed by atoms with Gasteiger partial charge in [-0.25, -0.2) is 0 Å². The summed E-state index contributed by atoms with van der Waals surface area (Å²) < 4.78 is 0. The number of thiocarbonyl (C=S) groups is 1. The standard InChI is InChI=1S/C15H24N2S/c1-11(2)6-4-5-9-17-14-10-12(3)7-8-13(14)15(16)18/h7-8,10-11,17H,4-6,9H2,1-3H3,(H2,16,18). The minimum Gasteiger partial charge on any atom is -0.389 e. The van der Waals surface area contributed by atoms with E-state index in [4.69, 9.17) is 18.0 Å². The lowest BCUT2D eigenvalue weighted by Crippen LogP contribution is -2.14. The monoisotopic (exact) mass is 264 g/mol. The topological polar surface area (TPSA) is 38.0 Å². The van der Waals surface area contributed by atoms with Crippen LogP contribution in [0.1, 0.15) is 44.2 Å². The van der Waals surface area contributed by atoms with E-state index in [0.717, 1.165) is 23.7 Å². The molecule has 0 aliphatic heterocycles. The highest BCUT2D eigenvalue weighted by atomic mass is 32.1. The lowest BCUT2D eigenvalue weighted by atomic mass is 10.1. The van der Waals surface area contributed by atoms with E-state index in [1.807, 2.05) is 12.1 Å². The first kappa shape index (κ1) is 15.0. The Labute approximate surface area is 116 Å². The molecule has 0 heterocycles. The molecule has 18 heavy (non-hydrogen) atoms. The Bertz CT molecular complexity index is 399. The van der Waals surface area contributed by atoms with E-state index in [-0.39, 0.29) is 0 Å². The number of nitrogens with one attached hydrogen (secondary N) is 1. The summed E-state index contributed by atoms with van der Waals surface area (Å²) in [5, 5.41) is 3.44. The molecule has 0 aliphatic rings. The van der Waals surface area contributed by atoms with Gasteiger partial charge in [-0.3, -0.25) is 0 Å². The molecule has 100 valence electrons. The van der Waals surface area contributed by atoms with E-state index >= 15 is 0 Å². The van der Waals surface area contributed by atoms with Gasteiger partial charge in [-0.05, 0) is 37.0 Å². The van der Waals surface area contributed by atoms with Crippen LogP contribution in [0.3, 0.4) is 0 Å². The van der Waals surface area contributed by atoms with Crippen molar-refractivity contribution in [2.24, 2.45) is 11.7 Å². The number of hydrogen-bond donors (Lipinski definition) is 2. The fourth-order valence-corrected chi connectivity index (χ4v) is 2.10. The van der Waals surface area contributed by atoms with Crippen molar-refractivity contribution >= 4 is 22.9 Å². The zero-order valence-electron chi connectivity index (χ0n) is 11.6. The normalized spacial score (nSPS) is 10.7. The van der Waals surface area contributed by atoms with E-state index in [9.17, 15) is 0 Å². The van der Waals surface area contributed by atoms with Gasteiger partial charge < -0.3 is 11.1 Å². The molecule has 0 bridgehead atoms. The predicted molar refractivity (Wildman–Crippen MR) is 84.2 cm³/mol. The quantitative estimate of drug-likeness (QED) is 0.580. The van der Waals surface area contributed by atoms with Crippen molar-refractivity contribution in [2.75, 3.05) is 11.9 Å². The van der Waals surface area contributed by atoms with Crippen molar-refractivity contribution < 1.29 is 0 Å². The third-order valence-corrected chi connectivity index (χ3v) is 3.18. The summed E-state index contributed by atoms with van der Waals surface area (Å²) >= 11 is 5.07. The molecule has 0 aromatic heterocycles. The Hall–Kier alpha value is -1.09. The van der Waals surface area contributed by atoms with E-state index in [0.29, 0.717) is 4.99 Å². The number of hydrogen-bond acceptors (Lipinski definition) is 2. The van der Waals surface area contributed by atoms with Gasteiger partial charge in [0, 0.05) is 17.8 Å². The largest absolute Gasteiger partial charge is 0.389 e. The zero-order valence-corrected chi connectivity index (χ0v) is 12.4. The van der Waals surface area contributed by atoms with E-state index in [1.165, 1.54) is 24.8 Å². The summed E-state index contributed by atoms with van der Waals surface area (Å²) in [4.78, 5) is 0.458. The number of nitrogens with two attached hydrogens (primary N) is 1. The van der Waals surface area contributed by atoms with Crippen LogP contribution >= 0.6 is 12.2 Å². The second-order valence-corrected chi connectivity index (χ2v) is 5.67. The molecule has 1 rings (SSSR count). The summed E-state index contributed by atoms with van der Waals surface area (Å²) in [5.74, 6) is 0.788. The van der Waals surface area contributed by atoms with E-state index < -0.39 is 0 Å². The van der Waals surface area contributed by atoms with E-state index in [2.05, 4.69) is 32.2 Å². The van der Waals surface area contributed by atoms with Gasteiger partial charge in [-0.15, -0.1) is 0 Å². The molecular weight excluding hydrogens is 240 g/mol. The maximum Gasteiger partial charge on any atom is 0.106 e. The second-order valence-electron chi connectivity index (χ2n) is 5.23. The molecule has 3 N–H and O–H groups in total. The number of unbranched alkanes of at least 4 members (excludes halogenated alkanes) is 1. The van der Waals surface area contributed by atoms with Gasteiger partial charge in [0.15, 0.2) is 0 Å². The molecule has 0 unspecified atom stereocenters. The number of benzene rings is 1. The van der Waals surface area contributed by atoms with Crippen LogP contribution in [0.4, 0.5) is 5.69 Å². The molecular formula is C15H24N2S. The summed E-state index contributed by atoms with van der Waals surface area (Å²) in [6, 6.07) is 6.14. The van der Waals surface area contributed by atoms with Crippen LogP contribution in [0.15, 0.2) is 18.2 Å². The summed E-state index contributed by atoms with van der Waals surface area (Å²) in [6.07, 6.45) is 3.74. The molecule has 3 heteroatoms. The maximum atomic E-state index is 5.73. The average molecular weight is 264 g/mol. The molecule has 0 saturated carbocycles. The van der Waals surface area contributed by atoms with Crippen molar-refractivity contribution in [3.8, 4) is 0 Å². The first-order valence-corrected chi connectivity index (χ1v) is 7.06. The molecule has 0 fully saturated rings. The molecule has 0 saturated heterocycles. The van der Waals surface area contributed by atoms with Crippen LogP contribution in [0.2, 0.25) is 0 Å². The first-order chi connectivity index (χ1) is 8.50. The first-order valence-electron chi connectivity index (χ1n) is 6.65. The SMILES string of the molecule is Cc1ccc(C(N)=S)c(NCCCCC(C)C)c1. The average Bonchev–Trinajstić information content (AvgIpc) is 2.27. The van der Waals surface area contributed by atoms with Crippen molar-refractivity contribution in [1.82, 2.24) is 0 Å². The molecule has 2 nitrogen and oxygen atoms in total. The molecule has 0 radical (unpaired) electrons. The minimum absolute atomic E-state index is 0.458. The minimum atomic E-state index is 0.458. The van der Waals surface area contributed by atoms with Crippen LogP contribution in [-0.2, 0) is 0 Å². The van der Waals surface area contributed by atoms with Gasteiger partial charge in [-0.2, -0.15) is 0 Å². The van der Waals surface area contributed by atoms with Crippen LogP contribution in [0, 0.1) is 12.8 Å². The van der Waals surface area contributed by atoms with Crippen molar-refractivity contribution in [3.63, 3.8) is 0 Å². The van der Waals surface area contributed by atoms with Crippen LogP contribution in [0.25, 0.3) is 0 Å². The lowest BCUT2D eigenvalue weighted by molar-refractivity contribution is 0.545. The highest BCUT2D eigenvalue weighted by Crippen LogP contribution is 2.18. The molecule has 1 aromatic carbocycles. The van der Waals surface area contributed by atoms with Gasteiger partial charge in [-0.1, -0.05) is 45.0 Å². The zero-order chi connectivity index (χ0) is 13.5. The Kier molecular flexibility index (Phi) is 6.13. The molecule has 0 aliphatic carbocycles. The molecule has 0 amide bonds. The Morgan fingerprint density at radius 1 is 1.33 bits per heavy atom. The number of aryl methyl sites for hydroxylation is 1. The second kappa shape index (κ2) is 7.37. The molecule has 0 spiro atoms. The van der Waals surface area contributed by atoms with Gasteiger partial charge in [0.1, 0.15) is 4.99 Å². The van der Waals surface area contributed by atoms with Crippen molar-refractivity contribution in [2.45, 2.75) is 40.0 Å². The Balaban J connectivity index is 2.50. The van der Waals surface area contributed by atoms with Crippen LogP contribution < -0.4 is 11.1 Å². The van der Waals surface area contributed by atoms with E-state index in [1.54, 1.807) is 0 Å². The van der Waals surface area contributed by atoms with Gasteiger partial charge in [0.05, 0.1) is 0 Å². The van der Waals surface area contributed by atoms with Gasteiger partial charge >= 0.3 is 0 Å². The number of anilines is 1. The lowest BCUT2D eigenvalue weighted by Gasteiger charge is -2.12. The third-order valence-electron chi connectivity index (χ3n) is 2.96. The van der Waals surface area contributed by atoms with Crippen molar-refractivity contribution in [1.29, 1.82) is 0 Å². The highest BCUT2D eigenvalue weighted by molar-refractivity contribution is 7.80. The maximum absolute atomic E-state index is 5.73. The molecule has 0 atom stereocenters. The van der Waals surface area contributed by atoms with Crippen molar-refractivity contribution in [3.05, 3.63) is 29.3 Å². The van der Waals surface area contributed by atoms with Gasteiger partial charge in [0.25, 0.3) is 0 Å². The fourth-order valence-electron chi connectivity index (χ4n) is 1.92. The van der Waals surface area contributed by atoms with Crippen LogP contribution in [-0.4, -0.2) is 11.5 Å². The smallest absolute Gasteiger partial charge is 0.106 e. The Morgan fingerprint density at radius 3 is 2.67 bits per heavy atom. The third kappa shape index (κ3) is 5.05. The molecule has 1 aromatic rings. The highest BCUT2D eigenvalue weighted by Gasteiger charge is 2.04. The summed E-state index contributed by atoms with van der Waals surface area (Å²) in [6.45, 7) is 7.58.